The van der Waals surface area contributed by atoms with Crippen molar-refractivity contribution in [3.05, 3.63) is 96.1 Å². The van der Waals surface area contributed by atoms with Crippen LogP contribution in [0.15, 0.2) is 79.3 Å². The predicted octanol–water partition coefficient (Wildman–Crippen LogP) is 2.56. The Balaban J connectivity index is 1.70. The van der Waals surface area contributed by atoms with Gasteiger partial charge in [0.2, 0.25) is 0 Å². The van der Waals surface area contributed by atoms with Gasteiger partial charge in [-0.15, -0.1) is 0 Å². The average molecular weight is 361 g/mol. The van der Waals surface area contributed by atoms with E-state index in [0.717, 1.165) is 11.1 Å². The third kappa shape index (κ3) is 5.47. The van der Waals surface area contributed by atoms with Crippen LogP contribution in [0.4, 0.5) is 0 Å². The zero-order chi connectivity index (χ0) is 18.9. The van der Waals surface area contributed by atoms with Gasteiger partial charge in [0.1, 0.15) is 18.3 Å². The number of amides is 1. The molecule has 2 aromatic carbocycles. The normalized spacial score (nSPS) is 11.4. The van der Waals surface area contributed by atoms with Crippen molar-refractivity contribution in [1.82, 2.24) is 15.3 Å². The molecule has 1 atom stereocenters. The largest absolute Gasteiger partial charge is 0.459 e. The number of nitrogens with one attached hydrogen (secondary N) is 1. The predicted molar refractivity (Wildman–Crippen MR) is 99.7 cm³/mol. The number of esters is 1. The van der Waals surface area contributed by atoms with Crippen LogP contribution in [-0.4, -0.2) is 27.9 Å². The number of rotatable bonds is 7. The fourth-order valence-electron chi connectivity index (χ4n) is 2.52. The van der Waals surface area contributed by atoms with Crippen LogP contribution in [0.5, 0.6) is 0 Å². The van der Waals surface area contributed by atoms with E-state index in [9.17, 15) is 9.59 Å². The molecule has 1 amide bonds. The molecule has 0 spiro atoms. The molecule has 1 N–H and O–H groups in total. The minimum atomic E-state index is -0.828. The summed E-state index contributed by atoms with van der Waals surface area (Å²) in [6, 6.07) is 18.0. The number of aromatic nitrogens is 2. The molecule has 0 bridgehead atoms. The Bertz CT molecular complexity index is 871. The summed E-state index contributed by atoms with van der Waals surface area (Å²) in [5.41, 5.74) is 1.94. The highest BCUT2D eigenvalue weighted by Gasteiger charge is 2.24. The molecule has 6 nitrogen and oxygen atoms in total. The lowest BCUT2D eigenvalue weighted by atomic mass is 10.1. The number of carbonyl (C=O) groups is 2. The van der Waals surface area contributed by atoms with Gasteiger partial charge in [0.15, 0.2) is 0 Å². The standard InChI is InChI=1S/C21H19N3O3/c25-20(19-14-22-11-12-23-19)24-18(13-16-7-3-1-4-8-16)21(26)27-15-17-9-5-2-6-10-17/h1-12,14,18H,13,15H2,(H,24,25)/t18-/m0/s1. The first-order valence-corrected chi connectivity index (χ1v) is 8.54. The van der Waals surface area contributed by atoms with Crippen LogP contribution in [0, 0.1) is 0 Å². The van der Waals surface area contributed by atoms with Crippen LogP contribution in [0.1, 0.15) is 21.6 Å². The monoisotopic (exact) mass is 361 g/mol. The van der Waals surface area contributed by atoms with Crippen molar-refractivity contribution < 1.29 is 14.3 Å². The Labute approximate surface area is 157 Å². The molecule has 0 saturated carbocycles. The number of hydrogen-bond donors (Lipinski definition) is 1. The van der Waals surface area contributed by atoms with E-state index in [-0.39, 0.29) is 12.3 Å². The van der Waals surface area contributed by atoms with Crippen molar-refractivity contribution in [2.24, 2.45) is 0 Å². The highest BCUT2D eigenvalue weighted by Crippen LogP contribution is 2.08. The maximum atomic E-state index is 12.6. The molecule has 6 heteroatoms. The van der Waals surface area contributed by atoms with Crippen molar-refractivity contribution >= 4 is 11.9 Å². The van der Waals surface area contributed by atoms with Gasteiger partial charge in [0.05, 0.1) is 6.20 Å². The fraction of sp³-hybridized carbons (Fsp3) is 0.143. The third-order valence-corrected chi connectivity index (χ3v) is 3.89. The van der Waals surface area contributed by atoms with Crippen molar-refractivity contribution in [1.29, 1.82) is 0 Å². The molecular weight excluding hydrogens is 342 g/mol. The second kappa shape index (κ2) is 9.24. The van der Waals surface area contributed by atoms with Crippen LogP contribution in [0.3, 0.4) is 0 Å². The molecule has 0 aliphatic heterocycles. The smallest absolute Gasteiger partial charge is 0.329 e. The van der Waals surface area contributed by atoms with E-state index >= 15 is 0 Å². The van der Waals surface area contributed by atoms with Gasteiger partial charge < -0.3 is 10.1 Å². The van der Waals surface area contributed by atoms with Gasteiger partial charge in [-0.05, 0) is 11.1 Å². The summed E-state index contributed by atoms with van der Waals surface area (Å²) in [6.45, 7) is 0.145. The minimum Gasteiger partial charge on any atom is -0.459 e. The molecule has 136 valence electrons. The molecule has 1 heterocycles. The summed E-state index contributed by atoms with van der Waals surface area (Å²) in [5, 5.41) is 2.70. The van der Waals surface area contributed by atoms with Crippen molar-refractivity contribution in [3.8, 4) is 0 Å². The van der Waals surface area contributed by atoms with Gasteiger partial charge in [-0.2, -0.15) is 0 Å². The maximum absolute atomic E-state index is 12.6. The number of benzene rings is 2. The van der Waals surface area contributed by atoms with E-state index in [1.165, 1.54) is 18.6 Å². The zero-order valence-corrected chi connectivity index (χ0v) is 14.6. The Kier molecular flexibility index (Phi) is 6.25. The lowest BCUT2D eigenvalue weighted by Crippen LogP contribution is -2.43. The number of ether oxygens (including phenoxy) is 1. The van der Waals surface area contributed by atoms with E-state index in [0.29, 0.717) is 6.42 Å². The minimum absolute atomic E-state index is 0.145. The lowest BCUT2D eigenvalue weighted by molar-refractivity contribution is -0.147. The van der Waals surface area contributed by atoms with Gasteiger partial charge in [-0.25, -0.2) is 9.78 Å². The van der Waals surface area contributed by atoms with Crippen LogP contribution in [0.25, 0.3) is 0 Å². The number of nitrogens with zero attached hydrogens (tertiary/aromatic N) is 2. The van der Waals surface area contributed by atoms with Gasteiger partial charge in [0, 0.05) is 18.8 Å². The van der Waals surface area contributed by atoms with Gasteiger partial charge >= 0.3 is 5.97 Å². The molecule has 0 saturated heterocycles. The summed E-state index contributed by atoms with van der Waals surface area (Å²) >= 11 is 0. The Morgan fingerprint density at radius 3 is 2.22 bits per heavy atom. The van der Waals surface area contributed by atoms with E-state index < -0.39 is 17.9 Å². The van der Waals surface area contributed by atoms with Crippen LogP contribution in [-0.2, 0) is 22.6 Å². The van der Waals surface area contributed by atoms with E-state index in [4.69, 9.17) is 4.74 Å². The second-order valence-corrected chi connectivity index (χ2v) is 5.90. The average Bonchev–Trinajstić information content (AvgIpc) is 2.73. The third-order valence-electron chi connectivity index (χ3n) is 3.89. The quantitative estimate of drug-likeness (QED) is 0.654. The first kappa shape index (κ1) is 18.3. The molecular formula is C21H19N3O3. The van der Waals surface area contributed by atoms with Gasteiger partial charge in [0.25, 0.3) is 5.91 Å². The molecule has 0 aliphatic carbocycles. The first-order valence-electron chi connectivity index (χ1n) is 8.54. The Hall–Kier alpha value is -3.54. The number of hydrogen-bond acceptors (Lipinski definition) is 5. The molecule has 0 fully saturated rings. The van der Waals surface area contributed by atoms with Crippen molar-refractivity contribution in [2.45, 2.75) is 19.1 Å². The van der Waals surface area contributed by atoms with Gasteiger partial charge in [-0.1, -0.05) is 60.7 Å². The SMILES string of the molecule is O=C(N[C@@H](Cc1ccccc1)C(=O)OCc1ccccc1)c1cnccn1. The second-order valence-electron chi connectivity index (χ2n) is 5.90. The fourth-order valence-corrected chi connectivity index (χ4v) is 2.52. The summed E-state index contributed by atoms with van der Waals surface area (Å²) in [5.74, 6) is -0.972. The summed E-state index contributed by atoms with van der Waals surface area (Å²) in [4.78, 5) is 32.9. The van der Waals surface area contributed by atoms with Crippen LogP contribution in [0.2, 0.25) is 0 Å². The summed E-state index contributed by atoms with van der Waals surface area (Å²) in [7, 11) is 0. The molecule has 3 rings (SSSR count). The Morgan fingerprint density at radius 1 is 0.926 bits per heavy atom. The van der Waals surface area contributed by atoms with E-state index in [2.05, 4.69) is 15.3 Å². The van der Waals surface area contributed by atoms with E-state index in [1.807, 2.05) is 60.7 Å². The highest BCUT2D eigenvalue weighted by molar-refractivity contribution is 5.95. The van der Waals surface area contributed by atoms with Crippen molar-refractivity contribution in [2.75, 3.05) is 0 Å². The van der Waals surface area contributed by atoms with Crippen LogP contribution < -0.4 is 5.32 Å². The number of carbonyl (C=O) groups excluding carboxylic acids is 2. The van der Waals surface area contributed by atoms with E-state index in [1.54, 1.807) is 0 Å². The first-order chi connectivity index (χ1) is 13.2. The maximum Gasteiger partial charge on any atom is 0.329 e. The molecule has 27 heavy (non-hydrogen) atoms. The van der Waals surface area contributed by atoms with Crippen LogP contribution >= 0.6 is 0 Å². The molecule has 0 aliphatic rings. The highest BCUT2D eigenvalue weighted by atomic mass is 16.5. The molecule has 0 unspecified atom stereocenters. The zero-order valence-electron chi connectivity index (χ0n) is 14.6. The molecule has 0 radical (unpaired) electrons. The molecule has 1 aromatic heterocycles. The lowest BCUT2D eigenvalue weighted by Gasteiger charge is -2.17. The summed E-state index contributed by atoms with van der Waals surface area (Å²) in [6.07, 6.45) is 4.58. The molecule has 3 aromatic rings. The summed E-state index contributed by atoms with van der Waals surface area (Å²) < 4.78 is 5.41. The van der Waals surface area contributed by atoms with Gasteiger partial charge in [-0.3, -0.25) is 9.78 Å². The van der Waals surface area contributed by atoms with Crippen molar-refractivity contribution in [3.63, 3.8) is 0 Å². The topological polar surface area (TPSA) is 81.2 Å². The Morgan fingerprint density at radius 2 is 1.59 bits per heavy atom.